The molecule has 1 unspecified atom stereocenters. The number of ketones is 1. The first-order chi connectivity index (χ1) is 17.0. The van der Waals surface area contributed by atoms with E-state index in [4.69, 9.17) is 16.3 Å². The van der Waals surface area contributed by atoms with Crippen LogP contribution in [-0.2, 0) is 15.0 Å². The van der Waals surface area contributed by atoms with Crippen LogP contribution in [0.5, 0.6) is 5.75 Å². The van der Waals surface area contributed by atoms with Gasteiger partial charge in [-0.25, -0.2) is 0 Å². The Morgan fingerprint density at radius 2 is 1.72 bits per heavy atom. The van der Waals surface area contributed by atoms with Gasteiger partial charge >= 0.3 is 0 Å². The molecule has 1 heterocycles. The van der Waals surface area contributed by atoms with Gasteiger partial charge in [-0.1, -0.05) is 74.8 Å². The number of carbonyl (C=O) groups excluding carboxylic acids is 2. The van der Waals surface area contributed by atoms with Gasteiger partial charge in [0.25, 0.3) is 11.7 Å². The molecule has 4 rings (SSSR count). The summed E-state index contributed by atoms with van der Waals surface area (Å²) in [6.07, 6.45) is 0. The van der Waals surface area contributed by atoms with Crippen LogP contribution in [0.1, 0.15) is 56.0 Å². The Balaban J connectivity index is 1.95. The minimum absolute atomic E-state index is 0.0246. The molecule has 6 heteroatoms. The molecule has 1 atom stereocenters. The van der Waals surface area contributed by atoms with Crippen LogP contribution in [-0.4, -0.2) is 23.4 Å². The Morgan fingerprint density at radius 3 is 2.36 bits per heavy atom. The van der Waals surface area contributed by atoms with Crippen molar-refractivity contribution >= 4 is 34.7 Å². The summed E-state index contributed by atoms with van der Waals surface area (Å²) < 4.78 is 5.57. The Labute approximate surface area is 217 Å². The Bertz CT molecular complexity index is 1350. The molecular formula is C30H30ClNO4. The summed E-state index contributed by atoms with van der Waals surface area (Å²) in [6, 6.07) is 19.1. The maximum Gasteiger partial charge on any atom is 0.300 e. The van der Waals surface area contributed by atoms with Gasteiger partial charge < -0.3 is 9.84 Å². The van der Waals surface area contributed by atoms with Crippen LogP contribution in [0.4, 0.5) is 5.69 Å². The third kappa shape index (κ3) is 4.76. The Morgan fingerprint density at radius 1 is 1.03 bits per heavy atom. The van der Waals surface area contributed by atoms with Crippen molar-refractivity contribution in [1.82, 2.24) is 0 Å². The first-order valence-electron chi connectivity index (χ1n) is 11.9. The third-order valence-corrected chi connectivity index (χ3v) is 6.62. The fourth-order valence-electron chi connectivity index (χ4n) is 4.46. The highest BCUT2D eigenvalue weighted by Gasteiger charge is 2.47. The van der Waals surface area contributed by atoms with Gasteiger partial charge in [-0.15, -0.1) is 0 Å². The number of aliphatic hydroxyl groups excluding tert-OH is 1. The second kappa shape index (κ2) is 9.82. The van der Waals surface area contributed by atoms with Gasteiger partial charge in [0, 0.05) is 16.3 Å². The normalized spacial score (nSPS) is 17.5. The molecule has 0 aromatic heterocycles. The van der Waals surface area contributed by atoms with Crippen molar-refractivity contribution in [1.29, 1.82) is 0 Å². The van der Waals surface area contributed by atoms with E-state index in [0.717, 1.165) is 11.1 Å². The van der Waals surface area contributed by atoms with E-state index in [2.05, 4.69) is 20.8 Å². The Kier molecular flexibility index (Phi) is 6.96. The van der Waals surface area contributed by atoms with Crippen LogP contribution in [0.3, 0.4) is 0 Å². The zero-order chi connectivity index (χ0) is 26.2. The van der Waals surface area contributed by atoms with E-state index in [-0.39, 0.29) is 16.7 Å². The third-order valence-electron chi connectivity index (χ3n) is 6.39. The van der Waals surface area contributed by atoms with Crippen LogP contribution in [0.2, 0.25) is 5.02 Å². The number of aliphatic hydroxyl groups is 1. The quantitative estimate of drug-likeness (QED) is 0.232. The van der Waals surface area contributed by atoms with Crippen LogP contribution < -0.4 is 9.64 Å². The predicted molar refractivity (Wildman–Crippen MR) is 144 cm³/mol. The van der Waals surface area contributed by atoms with E-state index in [9.17, 15) is 14.7 Å². The van der Waals surface area contributed by atoms with E-state index in [1.807, 2.05) is 44.2 Å². The molecular weight excluding hydrogens is 474 g/mol. The van der Waals surface area contributed by atoms with Gasteiger partial charge in [-0.05, 0) is 60.2 Å². The summed E-state index contributed by atoms with van der Waals surface area (Å²) in [6.45, 7) is 10.5. The zero-order valence-corrected chi connectivity index (χ0v) is 21.9. The number of nitrogens with zero attached hydrogens (tertiary/aromatic N) is 1. The van der Waals surface area contributed by atoms with Crippen molar-refractivity contribution in [3.05, 3.63) is 99.6 Å². The average Bonchev–Trinajstić information content (AvgIpc) is 3.10. The molecule has 0 bridgehead atoms. The number of amides is 1. The van der Waals surface area contributed by atoms with Crippen LogP contribution in [0.15, 0.2) is 72.3 Å². The minimum Gasteiger partial charge on any atom is -0.507 e. The number of aryl methyl sites for hydroxylation is 1. The highest BCUT2D eigenvalue weighted by molar-refractivity contribution is 6.52. The highest BCUT2D eigenvalue weighted by atomic mass is 35.5. The lowest BCUT2D eigenvalue weighted by atomic mass is 9.85. The first-order valence-corrected chi connectivity index (χ1v) is 12.3. The van der Waals surface area contributed by atoms with E-state index in [0.29, 0.717) is 34.2 Å². The molecule has 3 aromatic carbocycles. The van der Waals surface area contributed by atoms with Gasteiger partial charge in [-0.3, -0.25) is 14.5 Å². The second-order valence-electron chi connectivity index (χ2n) is 9.93. The molecule has 5 nitrogen and oxygen atoms in total. The molecule has 0 spiro atoms. The first kappa shape index (κ1) is 25.5. The van der Waals surface area contributed by atoms with Crippen LogP contribution in [0.25, 0.3) is 5.76 Å². The van der Waals surface area contributed by atoms with Crippen molar-refractivity contribution in [3.63, 3.8) is 0 Å². The van der Waals surface area contributed by atoms with E-state index in [1.54, 1.807) is 36.4 Å². The zero-order valence-electron chi connectivity index (χ0n) is 21.1. The summed E-state index contributed by atoms with van der Waals surface area (Å²) in [5, 5.41) is 11.9. The van der Waals surface area contributed by atoms with Crippen molar-refractivity contribution < 1.29 is 19.4 Å². The van der Waals surface area contributed by atoms with Gasteiger partial charge in [0.2, 0.25) is 0 Å². The maximum atomic E-state index is 13.5. The van der Waals surface area contributed by atoms with Crippen LogP contribution >= 0.6 is 11.6 Å². The lowest BCUT2D eigenvalue weighted by molar-refractivity contribution is -0.132. The van der Waals surface area contributed by atoms with Gasteiger partial charge in [0.1, 0.15) is 11.5 Å². The number of anilines is 1. The molecule has 3 aromatic rings. The van der Waals surface area contributed by atoms with Gasteiger partial charge in [0.15, 0.2) is 0 Å². The van der Waals surface area contributed by atoms with E-state index in [1.165, 1.54) is 4.90 Å². The van der Waals surface area contributed by atoms with E-state index < -0.39 is 17.7 Å². The van der Waals surface area contributed by atoms with Crippen molar-refractivity contribution in [2.75, 3.05) is 11.5 Å². The van der Waals surface area contributed by atoms with Crippen molar-refractivity contribution in [2.45, 2.75) is 46.1 Å². The standard InChI is InChI=1S/C30H30ClNO4/c1-6-36-23-9-7-8-20(16-23)27(33)25-26(19-11-13-21(14-12-19)30(3,4)5)32(29(35)28(25)34)24-17-22(31)15-10-18(24)2/h7-17,26,33H,6H2,1-5H3/b27-25+. The number of carbonyl (C=O) groups is 2. The van der Waals surface area contributed by atoms with E-state index >= 15 is 0 Å². The monoisotopic (exact) mass is 503 g/mol. The number of hydrogen-bond acceptors (Lipinski definition) is 4. The number of halogens is 1. The summed E-state index contributed by atoms with van der Waals surface area (Å²) >= 11 is 6.29. The van der Waals surface area contributed by atoms with Crippen molar-refractivity contribution in [3.8, 4) is 5.75 Å². The van der Waals surface area contributed by atoms with Gasteiger partial charge in [-0.2, -0.15) is 0 Å². The molecule has 0 radical (unpaired) electrons. The number of rotatable bonds is 5. The SMILES string of the molecule is CCOc1cccc(/C(O)=C2\C(=O)C(=O)N(c3cc(Cl)ccc3C)C2c2ccc(C(C)(C)C)cc2)c1. The molecule has 1 amide bonds. The summed E-state index contributed by atoms with van der Waals surface area (Å²) in [5.74, 6) is -1.15. The van der Waals surface area contributed by atoms with Gasteiger partial charge in [0.05, 0.1) is 18.2 Å². The topological polar surface area (TPSA) is 66.8 Å². The lowest BCUT2D eigenvalue weighted by Crippen LogP contribution is -2.30. The fraction of sp³-hybridized carbons (Fsp3) is 0.267. The summed E-state index contributed by atoms with van der Waals surface area (Å²) in [5.41, 5.74) is 3.50. The molecule has 36 heavy (non-hydrogen) atoms. The number of ether oxygens (including phenoxy) is 1. The predicted octanol–water partition coefficient (Wildman–Crippen LogP) is 6.97. The lowest BCUT2D eigenvalue weighted by Gasteiger charge is -2.28. The van der Waals surface area contributed by atoms with Crippen LogP contribution in [0, 0.1) is 6.92 Å². The molecule has 0 aliphatic carbocycles. The highest BCUT2D eigenvalue weighted by Crippen LogP contribution is 2.44. The minimum atomic E-state index is -0.827. The molecule has 186 valence electrons. The summed E-state index contributed by atoms with van der Waals surface area (Å²) in [7, 11) is 0. The largest absolute Gasteiger partial charge is 0.507 e. The molecule has 1 fully saturated rings. The smallest absolute Gasteiger partial charge is 0.300 e. The number of Topliss-reactive ketones (excluding diaryl/α,β-unsaturated/α-hetero) is 1. The molecule has 1 aliphatic heterocycles. The average molecular weight is 504 g/mol. The van der Waals surface area contributed by atoms with Crippen molar-refractivity contribution in [2.24, 2.45) is 0 Å². The number of hydrogen-bond donors (Lipinski definition) is 1. The maximum absolute atomic E-state index is 13.5. The molecule has 0 saturated carbocycles. The fourth-order valence-corrected chi connectivity index (χ4v) is 4.63. The molecule has 1 saturated heterocycles. The Hall–Kier alpha value is -3.57. The second-order valence-corrected chi connectivity index (χ2v) is 10.4. The molecule has 1 aliphatic rings. The summed E-state index contributed by atoms with van der Waals surface area (Å²) in [4.78, 5) is 28.3. The molecule has 1 N–H and O–H groups in total. The number of benzene rings is 3.